The summed E-state index contributed by atoms with van der Waals surface area (Å²) in [6.45, 7) is 6.88. The van der Waals surface area contributed by atoms with Gasteiger partial charge in [-0.3, -0.25) is 11.3 Å². The minimum atomic E-state index is 0.530. The molecule has 1 aliphatic carbocycles. The molecule has 0 saturated heterocycles. The van der Waals surface area contributed by atoms with Gasteiger partial charge in [0, 0.05) is 6.04 Å². The zero-order valence-electron chi connectivity index (χ0n) is 9.22. The van der Waals surface area contributed by atoms with Gasteiger partial charge in [-0.15, -0.1) is 0 Å². The van der Waals surface area contributed by atoms with Crippen LogP contribution in [-0.2, 0) is 0 Å². The first kappa shape index (κ1) is 11.0. The monoisotopic (exact) mass is 184 g/mol. The predicted molar refractivity (Wildman–Crippen MR) is 57.1 cm³/mol. The van der Waals surface area contributed by atoms with Crippen molar-refractivity contribution < 1.29 is 0 Å². The average molecular weight is 184 g/mol. The quantitative estimate of drug-likeness (QED) is 0.520. The van der Waals surface area contributed by atoms with Gasteiger partial charge in [0.1, 0.15) is 0 Å². The third-order valence-electron chi connectivity index (χ3n) is 3.72. The first-order chi connectivity index (χ1) is 6.16. The third kappa shape index (κ3) is 2.68. The molecule has 1 saturated carbocycles. The van der Waals surface area contributed by atoms with Crippen molar-refractivity contribution in [1.82, 2.24) is 5.43 Å². The van der Waals surface area contributed by atoms with Crippen LogP contribution < -0.4 is 11.3 Å². The maximum Gasteiger partial charge on any atom is 0.0266 e. The van der Waals surface area contributed by atoms with Crippen molar-refractivity contribution in [3.8, 4) is 0 Å². The Kier molecular flexibility index (Phi) is 4.20. The molecule has 0 spiro atoms. The number of hydrogen-bond donors (Lipinski definition) is 2. The highest BCUT2D eigenvalue weighted by Crippen LogP contribution is 2.32. The van der Waals surface area contributed by atoms with Crippen LogP contribution in [0.5, 0.6) is 0 Å². The highest BCUT2D eigenvalue weighted by Gasteiger charge is 2.29. The van der Waals surface area contributed by atoms with Gasteiger partial charge in [0.2, 0.25) is 0 Å². The van der Waals surface area contributed by atoms with Crippen LogP contribution in [0.4, 0.5) is 0 Å². The molecule has 2 atom stereocenters. The highest BCUT2D eigenvalue weighted by atomic mass is 15.2. The van der Waals surface area contributed by atoms with Crippen molar-refractivity contribution in [2.75, 3.05) is 0 Å². The van der Waals surface area contributed by atoms with E-state index < -0.39 is 0 Å². The maximum atomic E-state index is 5.64. The Labute approximate surface area is 82.2 Å². The molecular weight excluding hydrogens is 160 g/mol. The number of nitrogens with two attached hydrogens (primary N) is 1. The van der Waals surface area contributed by atoms with Gasteiger partial charge in [0.25, 0.3) is 0 Å². The molecule has 0 aromatic carbocycles. The van der Waals surface area contributed by atoms with E-state index in [1.165, 1.54) is 25.7 Å². The lowest BCUT2D eigenvalue weighted by atomic mass is 9.82. The van der Waals surface area contributed by atoms with Crippen LogP contribution in [0.2, 0.25) is 0 Å². The van der Waals surface area contributed by atoms with Gasteiger partial charge >= 0.3 is 0 Å². The van der Waals surface area contributed by atoms with Crippen LogP contribution in [-0.4, -0.2) is 6.04 Å². The van der Waals surface area contributed by atoms with E-state index in [0.29, 0.717) is 12.0 Å². The maximum absolute atomic E-state index is 5.64. The summed E-state index contributed by atoms with van der Waals surface area (Å²) in [5.74, 6) is 7.87. The Morgan fingerprint density at radius 3 is 2.08 bits per heavy atom. The topological polar surface area (TPSA) is 38.0 Å². The third-order valence-corrected chi connectivity index (χ3v) is 3.72. The Balaban J connectivity index is 2.49. The second-order valence-corrected chi connectivity index (χ2v) is 4.84. The minimum absolute atomic E-state index is 0.530. The lowest BCUT2D eigenvalue weighted by Crippen LogP contribution is -2.46. The molecule has 2 unspecified atom stereocenters. The van der Waals surface area contributed by atoms with Crippen LogP contribution in [0.3, 0.4) is 0 Å². The van der Waals surface area contributed by atoms with Gasteiger partial charge in [0.15, 0.2) is 0 Å². The lowest BCUT2D eigenvalue weighted by molar-refractivity contribution is 0.226. The fourth-order valence-corrected chi connectivity index (χ4v) is 2.45. The largest absolute Gasteiger partial charge is 0.271 e. The first-order valence-corrected chi connectivity index (χ1v) is 5.63. The van der Waals surface area contributed by atoms with Gasteiger partial charge in [-0.1, -0.05) is 33.6 Å². The molecule has 0 aromatic heterocycles. The van der Waals surface area contributed by atoms with Gasteiger partial charge in [-0.05, 0) is 30.6 Å². The van der Waals surface area contributed by atoms with Crippen molar-refractivity contribution in [2.45, 2.75) is 52.5 Å². The van der Waals surface area contributed by atoms with Gasteiger partial charge in [0.05, 0.1) is 0 Å². The second-order valence-electron chi connectivity index (χ2n) is 4.84. The molecule has 0 bridgehead atoms. The Morgan fingerprint density at radius 2 is 1.69 bits per heavy atom. The standard InChI is InChI=1S/C11H24N2/c1-8(2)9(3)11(13-12)10-6-4-5-7-10/h8-11,13H,4-7,12H2,1-3H3. The van der Waals surface area contributed by atoms with Crippen LogP contribution >= 0.6 is 0 Å². The van der Waals surface area contributed by atoms with Crippen molar-refractivity contribution in [2.24, 2.45) is 23.6 Å². The predicted octanol–water partition coefficient (Wildman–Crippen LogP) is 2.30. The van der Waals surface area contributed by atoms with E-state index >= 15 is 0 Å². The molecule has 2 nitrogen and oxygen atoms in total. The normalized spacial score (nSPS) is 23.8. The van der Waals surface area contributed by atoms with Gasteiger partial charge in [-0.25, -0.2) is 0 Å². The molecule has 78 valence electrons. The van der Waals surface area contributed by atoms with Gasteiger partial charge in [-0.2, -0.15) is 0 Å². The van der Waals surface area contributed by atoms with E-state index in [4.69, 9.17) is 5.84 Å². The molecule has 1 aliphatic rings. The van der Waals surface area contributed by atoms with Crippen molar-refractivity contribution in [3.63, 3.8) is 0 Å². The van der Waals surface area contributed by atoms with Crippen LogP contribution in [0.15, 0.2) is 0 Å². The van der Waals surface area contributed by atoms with Gasteiger partial charge < -0.3 is 0 Å². The number of hydrazine groups is 1. The number of nitrogens with one attached hydrogen (secondary N) is 1. The lowest BCUT2D eigenvalue weighted by Gasteiger charge is -2.31. The van der Waals surface area contributed by atoms with Crippen LogP contribution in [0, 0.1) is 17.8 Å². The number of rotatable bonds is 4. The molecule has 0 aliphatic heterocycles. The van der Waals surface area contributed by atoms with E-state index in [0.717, 1.165) is 11.8 Å². The first-order valence-electron chi connectivity index (χ1n) is 5.63. The van der Waals surface area contributed by atoms with E-state index in [1.807, 2.05) is 0 Å². The summed E-state index contributed by atoms with van der Waals surface area (Å²) < 4.78 is 0. The molecule has 0 radical (unpaired) electrons. The van der Waals surface area contributed by atoms with Crippen molar-refractivity contribution in [3.05, 3.63) is 0 Å². The SMILES string of the molecule is CC(C)C(C)C(NN)C1CCCC1. The second kappa shape index (κ2) is 4.97. The molecule has 0 amide bonds. The minimum Gasteiger partial charge on any atom is -0.271 e. The fraction of sp³-hybridized carbons (Fsp3) is 1.00. The molecule has 0 aromatic rings. The Hall–Kier alpha value is -0.0800. The molecule has 1 rings (SSSR count). The molecule has 13 heavy (non-hydrogen) atoms. The average Bonchev–Trinajstić information content (AvgIpc) is 2.58. The van der Waals surface area contributed by atoms with Crippen LogP contribution in [0.25, 0.3) is 0 Å². The fourth-order valence-electron chi connectivity index (χ4n) is 2.45. The molecule has 2 heteroatoms. The van der Waals surface area contributed by atoms with Crippen molar-refractivity contribution in [1.29, 1.82) is 0 Å². The molecule has 3 N–H and O–H groups in total. The summed E-state index contributed by atoms with van der Waals surface area (Å²) >= 11 is 0. The van der Waals surface area contributed by atoms with Crippen LogP contribution in [0.1, 0.15) is 46.5 Å². The zero-order chi connectivity index (χ0) is 9.84. The van der Waals surface area contributed by atoms with E-state index in [1.54, 1.807) is 0 Å². The highest BCUT2D eigenvalue weighted by molar-refractivity contribution is 4.83. The zero-order valence-corrected chi connectivity index (χ0v) is 9.22. The van der Waals surface area contributed by atoms with E-state index in [9.17, 15) is 0 Å². The summed E-state index contributed by atoms with van der Waals surface area (Å²) in [4.78, 5) is 0. The van der Waals surface area contributed by atoms with E-state index in [2.05, 4.69) is 26.2 Å². The molecular formula is C11H24N2. The molecule has 0 heterocycles. The number of hydrogen-bond acceptors (Lipinski definition) is 2. The summed E-state index contributed by atoms with van der Waals surface area (Å²) in [6.07, 6.45) is 5.53. The summed E-state index contributed by atoms with van der Waals surface area (Å²) in [5, 5.41) is 0. The van der Waals surface area contributed by atoms with Crippen molar-refractivity contribution >= 4 is 0 Å². The Bertz CT molecular complexity index is 137. The Morgan fingerprint density at radius 1 is 1.15 bits per heavy atom. The molecule has 1 fully saturated rings. The smallest absolute Gasteiger partial charge is 0.0266 e. The summed E-state index contributed by atoms with van der Waals surface area (Å²) in [5.41, 5.74) is 3.03. The van der Waals surface area contributed by atoms with E-state index in [-0.39, 0.29) is 0 Å². The summed E-state index contributed by atoms with van der Waals surface area (Å²) in [6, 6.07) is 0.530. The summed E-state index contributed by atoms with van der Waals surface area (Å²) in [7, 11) is 0.